The summed E-state index contributed by atoms with van der Waals surface area (Å²) in [5.41, 5.74) is -2.51. The number of aromatic nitrogens is 3. The molecule has 22 nitrogen and oxygen atoms in total. The van der Waals surface area contributed by atoms with Gasteiger partial charge in [0.1, 0.15) is 31.2 Å². The van der Waals surface area contributed by atoms with Gasteiger partial charge in [0, 0.05) is 74.0 Å². The van der Waals surface area contributed by atoms with Crippen LogP contribution in [0.15, 0.2) is 87.9 Å². The molecule has 320 valence electrons. The van der Waals surface area contributed by atoms with E-state index in [1.54, 1.807) is 4.90 Å². The van der Waals surface area contributed by atoms with Crippen molar-refractivity contribution < 1.29 is 68.6 Å². The quantitative estimate of drug-likeness (QED) is 0.0651. The maximum atomic E-state index is 13.2. The van der Waals surface area contributed by atoms with E-state index in [0.717, 1.165) is 18.2 Å². The lowest BCUT2D eigenvalue weighted by Crippen LogP contribution is -2.43. The van der Waals surface area contributed by atoms with Crippen LogP contribution >= 0.6 is 0 Å². The average molecular weight is 900 g/mol. The zero-order valence-electron chi connectivity index (χ0n) is 31.0. The second kappa shape index (κ2) is 17.2. The number of rotatable bonds is 15. The Hall–Kier alpha value is -6.61. The van der Waals surface area contributed by atoms with Crippen molar-refractivity contribution in [1.82, 2.24) is 35.8 Å². The van der Waals surface area contributed by atoms with Crippen LogP contribution in [0.3, 0.4) is 0 Å². The SMILES string of the molecule is O=C(NCCN(CCNC(=O)c1cc(S(=O)(=O)O)c2cccnc2c1O)CCNC(=O)c1cc(S(=O)(=O)O)c2cccnc2c1O)c1cc(S(=O)(=O)O)c2cccnc2c1O. The number of hydrogen-bond acceptors (Lipinski definition) is 16. The molecule has 0 radical (unpaired) electrons. The van der Waals surface area contributed by atoms with Crippen LogP contribution in [0.1, 0.15) is 31.1 Å². The lowest BCUT2D eigenvalue weighted by atomic mass is 10.1. The molecule has 3 aromatic carbocycles. The molecule has 6 rings (SSSR count). The van der Waals surface area contributed by atoms with Crippen molar-refractivity contribution in [2.24, 2.45) is 0 Å². The number of carbonyl (C=O) groups is 3. The summed E-state index contributed by atoms with van der Waals surface area (Å²) in [5.74, 6) is -5.01. The van der Waals surface area contributed by atoms with Gasteiger partial charge in [0.15, 0.2) is 17.2 Å². The van der Waals surface area contributed by atoms with Crippen LogP contribution in [0.2, 0.25) is 0 Å². The summed E-state index contributed by atoms with van der Waals surface area (Å²) in [6.45, 7) is -0.927. The van der Waals surface area contributed by atoms with Crippen LogP contribution < -0.4 is 16.0 Å². The Balaban J connectivity index is 1.20. The van der Waals surface area contributed by atoms with Gasteiger partial charge < -0.3 is 31.3 Å². The third-order valence-electron chi connectivity index (χ3n) is 9.19. The Morgan fingerprint density at radius 3 is 1.00 bits per heavy atom. The molecule has 0 aliphatic rings. The largest absolute Gasteiger partial charge is 0.505 e. The molecule has 0 saturated carbocycles. The molecule has 61 heavy (non-hydrogen) atoms. The monoisotopic (exact) mass is 899 g/mol. The summed E-state index contributed by atoms with van der Waals surface area (Å²) in [5, 5.41) is 39.4. The van der Waals surface area contributed by atoms with Crippen LogP contribution in [0, 0.1) is 0 Å². The first kappa shape index (κ1) is 44.0. The summed E-state index contributed by atoms with van der Waals surface area (Å²) < 4.78 is 102. The first-order chi connectivity index (χ1) is 28.7. The Morgan fingerprint density at radius 1 is 0.492 bits per heavy atom. The fourth-order valence-corrected chi connectivity index (χ4v) is 8.48. The van der Waals surface area contributed by atoms with E-state index in [-0.39, 0.29) is 72.0 Å². The first-order valence-corrected chi connectivity index (χ1v) is 21.8. The van der Waals surface area contributed by atoms with Crippen molar-refractivity contribution in [3.63, 3.8) is 0 Å². The Kier molecular flexibility index (Phi) is 12.4. The number of hydrogen-bond donors (Lipinski definition) is 9. The highest BCUT2D eigenvalue weighted by Crippen LogP contribution is 2.35. The summed E-state index contributed by atoms with van der Waals surface area (Å²) in [6.07, 6.45) is 3.68. The maximum Gasteiger partial charge on any atom is 0.295 e. The molecule has 3 aromatic heterocycles. The van der Waals surface area contributed by atoms with Crippen molar-refractivity contribution in [1.29, 1.82) is 0 Å². The van der Waals surface area contributed by atoms with E-state index in [0.29, 0.717) is 0 Å². The van der Waals surface area contributed by atoms with E-state index in [9.17, 15) is 68.6 Å². The van der Waals surface area contributed by atoms with Gasteiger partial charge in [-0.25, -0.2) is 0 Å². The number of pyridine rings is 3. The number of fused-ring (bicyclic) bond motifs is 3. The van der Waals surface area contributed by atoms with E-state index < -0.39 is 96.7 Å². The Labute approximate surface area is 345 Å². The minimum atomic E-state index is -4.89. The molecule has 0 atom stereocenters. The van der Waals surface area contributed by atoms with Gasteiger partial charge in [0.05, 0.1) is 16.7 Å². The summed E-state index contributed by atoms with van der Waals surface area (Å²) in [4.78, 5) is 51.0. The molecule has 0 bridgehead atoms. The maximum absolute atomic E-state index is 13.2. The zero-order valence-corrected chi connectivity index (χ0v) is 33.5. The normalized spacial score (nSPS) is 12.2. The number of nitrogens with one attached hydrogen (secondary N) is 3. The smallest absolute Gasteiger partial charge is 0.295 e. The fraction of sp³-hybridized carbons (Fsp3) is 0.167. The van der Waals surface area contributed by atoms with Gasteiger partial charge in [0.2, 0.25) is 0 Å². The van der Waals surface area contributed by atoms with Gasteiger partial charge in [0.25, 0.3) is 48.1 Å². The highest BCUT2D eigenvalue weighted by atomic mass is 32.2. The van der Waals surface area contributed by atoms with E-state index in [1.807, 2.05) is 0 Å². The topological polar surface area (TPSA) is 353 Å². The zero-order chi connectivity index (χ0) is 44.4. The molecule has 3 amide bonds. The summed E-state index contributed by atoms with van der Waals surface area (Å²) in [7, 11) is -14.7. The van der Waals surface area contributed by atoms with E-state index in [2.05, 4.69) is 30.9 Å². The van der Waals surface area contributed by atoms with Crippen LogP contribution in [0.4, 0.5) is 0 Å². The molecular formula is C36H33N7O15S3. The van der Waals surface area contributed by atoms with Gasteiger partial charge in [-0.15, -0.1) is 0 Å². The Morgan fingerprint density at radius 2 is 0.754 bits per heavy atom. The molecular weight excluding hydrogens is 867 g/mol. The first-order valence-electron chi connectivity index (χ1n) is 17.5. The van der Waals surface area contributed by atoms with Gasteiger partial charge in [-0.1, -0.05) is 0 Å². The van der Waals surface area contributed by atoms with E-state index in [1.165, 1.54) is 55.0 Å². The second-order valence-electron chi connectivity index (χ2n) is 13.0. The average Bonchev–Trinajstić information content (AvgIpc) is 3.19. The minimum absolute atomic E-state index is 0.0780. The van der Waals surface area contributed by atoms with Gasteiger partial charge in [-0.05, 0) is 54.6 Å². The van der Waals surface area contributed by atoms with Crippen molar-refractivity contribution in [2.75, 3.05) is 39.3 Å². The van der Waals surface area contributed by atoms with Gasteiger partial charge >= 0.3 is 0 Å². The minimum Gasteiger partial charge on any atom is -0.505 e. The molecule has 0 spiro atoms. The molecule has 3 heterocycles. The molecule has 0 aliphatic heterocycles. The second-order valence-corrected chi connectivity index (χ2v) is 17.2. The third-order valence-corrected chi connectivity index (χ3v) is 11.9. The standard InChI is InChI=1S/C36H33N7O15S3/c44-31-22(16-25(59(50,51)52)19-4-1-7-37-28(19)31)34(47)40-10-13-43(14-11-41-35(48)23-17-26(60(53,54)55)20-5-2-8-38-29(20)32(23)45)15-12-42-36(49)24-18-27(61(56,57)58)21-6-3-9-39-30(21)33(24)46/h1-9,16-18,44-46H,10-15H2,(H,40,47)(H,41,48)(H,42,49)(H,50,51,52)(H,53,54,55)(H,56,57,58). The number of benzene rings is 3. The van der Waals surface area contributed by atoms with Crippen LogP contribution in [-0.2, 0) is 30.4 Å². The lowest BCUT2D eigenvalue weighted by Gasteiger charge is -2.23. The number of phenolic OH excluding ortho intramolecular Hbond substituents is 3. The fourth-order valence-electron chi connectivity index (χ4n) is 6.36. The molecule has 25 heteroatoms. The highest BCUT2D eigenvalue weighted by Gasteiger charge is 2.27. The van der Waals surface area contributed by atoms with Gasteiger partial charge in [-0.3, -0.25) is 47.9 Å². The van der Waals surface area contributed by atoms with Crippen molar-refractivity contribution >= 4 is 80.8 Å². The summed E-state index contributed by atoms with van der Waals surface area (Å²) in [6, 6.07) is 10.2. The number of aromatic hydroxyl groups is 3. The van der Waals surface area contributed by atoms with Crippen LogP contribution in [-0.4, -0.2) is 131 Å². The van der Waals surface area contributed by atoms with Crippen molar-refractivity contribution in [3.8, 4) is 17.2 Å². The predicted octanol–water partition coefficient (Wildman–Crippen LogP) is 1.08. The van der Waals surface area contributed by atoms with Crippen molar-refractivity contribution in [2.45, 2.75) is 14.7 Å². The number of carbonyl (C=O) groups excluding carboxylic acids is 3. The van der Waals surface area contributed by atoms with E-state index in [4.69, 9.17) is 0 Å². The van der Waals surface area contributed by atoms with Crippen molar-refractivity contribution in [3.05, 3.63) is 89.9 Å². The molecule has 0 aliphatic carbocycles. The molecule has 0 fully saturated rings. The highest BCUT2D eigenvalue weighted by molar-refractivity contribution is 7.86. The van der Waals surface area contributed by atoms with Crippen LogP contribution in [0.25, 0.3) is 32.7 Å². The van der Waals surface area contributed by atoms with E-state index >= 15 is 0 Å². The van der Waals surface area contributed by atoms with Crippen LogP contribution in [0.5, 0.6) is 17.2 Å². The molecule has 0 saturated heterocycles. The molecule has 9 N–H and O–H groups in total. The Bertz CT molecular complexity index is 2780. The predicted molar refractivity (Wildman–Crippen MR) is 213 cm³/mol. The summed E-state index contributed by atoms with van der Waals surface area (Å²) >= 11 is 0. The van der Waals surface area contributed by atoms with Gasteiger partial charge in [-0.2, -0.15) is 25.3 Å². The molecule has 0 unspecified atom stereocenters. The number of amides is 3. The third kappa shape index (κ3) is 9.41. The number of nitrogens with zero attached hydrogens (tertiary/aromatic N) is 4. The number of phenols is 3. The lowest BCUT2D eigenvalue weighted by molar-refractivity contribution is 0.0945. The molecule has 6 aromatic rings.